The maximum atomic E-state index is 6.82. The molecule has 3 nitrogen and oxygen atoms in total. The third-order valence-electron chi connectivity index (χ3n) is 10.9. The van der Waals surface area contributed by atoms with E-state index in [0.29, 0.717) is 5.92 Å². The molecule has 0 saturated heterocycles. The molecule has 1 aliphatic rings. The zero-order valence-corrected chi connectivity index (χ0v) is 27.6. The van der Waals surface area contributed by atoms with E-state index in [1.54, 1.807) is 0 Å². The fourth-order valence-electron chi connectivity index (χ4n) is 8.64. The van der Waals surface area contributed by atoms with Gasteiger partial charge in [-0.15, -0.1) is 0 Å². The predicted molar refractivity (Wildman–Crippen MR) is 210 cm³/mol. The Labute approximate surface area is 288 Å². The highest BCUT2D eigenvalue weighted by molar-refractivity contribution is 6.26. The number of aromatic nitrogens is 2. The summed E-state index contributed by atoms with van der Waals surface area (Å²) in [6, 6.07) is 53.1. The lowest BCUT2D eigenvalue weighted by Gasteiger charge is -2.19. The smallest absolute Gasteiger partial charge is 0.160 e. The van der Waals surface area contributed by atoms with E-state index in [2.05, 4.69) is 174 Å². The van der Waals surface area contributed by atoms with Crippen molar-refractivity contribution in [1.29, 1.82) is 0 Å². The zero-order valence-electron chi connectivity index (χ0n) is 27.6. The minimum atomic E-state index is 0.513. The minimum Gasteiger partial charge on any atom is -0.454 e. The highest BCUT2D eigenvalue weighted by atomic mass is 16.3. The molecule has 0 fully saturated rings. The number of benzene rings is 7. The molecule has 7 aromatic carbocycles. The first-order valence-electron chi connectivity index (χ1n) is 17.5. The number of nitrogens with zero attached hydrogens (tertiary/aromatic N) is 2. The predicted octanol–water partition coefficient (Wildman–Crippen LogP) is 13.0. The first-order chi connectivity index (χ1) is 24.7. The van der Waals surface area contributed by atoms with Crippen LogP contribution in [0.2, 0.25) is 0 Å². The monoisotopic (exact) mass is 640 g/mol. The van der Waals surface area contributed by atoms with Crippen molar-refractivity contribution in [2.24, 2.45) is 0 Å². The largest absolute Gasteiger partial charge is 0.454 e. The van der Waals surface area contributed by atoms with Crippen molar-refractivity contribution < 1.29 is 4.42 Å². The van der Waals surface area contributed by atoms with Crippen molar-refractivity contribution in [1.82, 2.24) is 9.13 Å². The molecule has 1 unspecified atom stereocenters. The minimum absolute atomic E-state index is 0.513. The van der Waals surface area contributed by atoms with Crippen molar-refractivity contribution in [2.75, 3.05) is 0 Å². The Hall–Kier alpha value is -6.32. The molecular formula is C47H32N2O. The van der Waals surface area contributed by atoms with Crippen molar-refractivity contribution in [3.05, 3.63) is 163 Å². The van der Waals surface area contributed by atoms with E-state index < -0.39 is 0 Å². The molecule has 1 atom stereocenters. The van der Waals surface area contributed by atoms with Gasteiger partial charge in [0.1, 0.15) is 5.58 Å². The molecule has 10 aromatic rings. The van der Waals surface area contributed by atoms with Crippen LogP contribution >= 0.6 is 0 Å². The highest BCUT2D eigenvalue weighted by Crippen LogP contribution is 2.46. The van der Waals surface area contributed by atoms with Gasteiger partial charge in [-0.05, 0) is 95.3 Å². The van der Waals surface area contributed by atoms with Crippen LogP contribution in [0.3, 0.4) is 0 Å². The van der Waals surface area contributed by atoms with Crippen LogP contribution in [0.4, 0.5) is 0 Å². The van der Waals surface area contributed by atoms with Gasteiger partial charge >= 0.3 is 0 Å². The summed E-state index contributed by atoms with van der Waals surface area (Å²) in [6.07, 6.45) is 5.68. The lowest BCUT2D eigenvalue weighted by Crippen LogP contribution is -2.02. The molecule has 0 amide bonds. The second-order valence-electron chi connectivity index (χ2n) is 13.7. The topological polar surface area (TPSA) is 23.0 Å². The molecular weight excluding hydrogens is 609 g/mol. The van der Waals surface area contributed by atoms with Gasteiger partial charge in [-0.25, -0.2) is 0 Å². The summed E-state index contributed by atoms with van der Waals surface area (Å²) in [6.45, 7) is 2.32. The van der Waals surface area contributed by atoms with E-state index in [1.165, 1.54) is 60.3 Å². The van der Waals surface area contributed by atoms with Gasteiger partial charge in [0.05, 0.1) is 22.1 Å². The number of para-hydroxylation sites is 4. The Morgan fingerprint density at radius 1 is 0.560 bits per heavy atom. The van der Waals surface area contributed by atoms with Crippen LogP contribution in [0.15, 0.2) is 156 Å². The van der Waals surface area contributed by atoms with Crippen LogP contribution in [-0.2, 0) is 0 Å². The third kappa shape index (κ3) is 3.80. The standard InChI is InChI=1S/C47H32N2O/c1-29-12-11-13-30-26-33(23-24-34(29)30)49-42-20-9-6-18-37(42)45-38(28-40-36-17-7-10-21-44(36)50-47(40)46(45)49)31-22-25-43-39(27-31)35-16-5-8-19-41(35)48(43)32-14-3-2-4-15-32/h2-11,13-29H,12H2,1H3. The summed E-state index contributed by atoms with van der Waals surface area (Å²) in [5.41, 5.74) is 13.9. The average molecular weight is 641 g/mol. The van der Waals surface area contributed by atoms with Crippen molar-refractivity contribution in [3.63, 3.8) is 0 Å². The molecule has 50 heavy (non-hydrogen) atoms. The Morgan fingerprint density at radius 2 is 1.28 bits per heavy atom. The summed E-state index contributed by atoms with van der Waals surface area (Å²) in [5.74, 6) is 0.513. The first-order valence-corrected chi connectivity index (χ1v) is 17.5. The van der Waals surface area contributed by atoms with Crippen LogP contribution in [-0.4, -0.2) is 9.13 Å². The molecule has 3 aromatic heterocycles. The molecule has 11 rings (SSSR count). The fourth-order valence-corrected chi connectivity index (χ4v) is 8.64. The summed E-state index contributed by atoms with van der Waals surface area (Å²) in [5, 5.41) is 7.18. The van der Waals surface area contributed by atoms with Gasteiger partial charge in [0, 0.05) is 43.7 Å². The molecule has 3 heterocycles. The van der Waals surface area contributed by atoms with Gasteiger partial charge in [0.15, 0.2) is 5.58 Å². The van der Waals surface area contributed by atoms with Gasteiger partial charge in [0.25, 0.3) is 0 Å². The number of hydrogen-bond donors (Lipinski definition) is 0. The zero-order chi connectivity index (χ0) is 32.9. The number of furan rings is 1. The van der Waals surface area contributed by atoms with Gasteiger partial charge in [0.2, 0.25) is 0 Å². The molecule has 0 N–H and O–H groups in total. The molecule has 0 bridgehead atoms. The van der Waals surface area contributed by atoms with Crippen molar-refractivity contribution in [3.8, 4) is 22.5 Å². The van der Waals surface area contributed by atoms with Crippen molar-refractivity contribution in [2.45, 2.75) is 19.3 Å². The summed E-state index contributed by atoms with van der Waals surface area (Å²) >= 11 is 0. The second-order valence-corrected chi connectivity index (χ2v) is 13.7. The summed E-state index contributed by atoms with van der Waals surface area (Å²) in [4.78, 5) is 0. The SMILES string of the molecule is CC1CC=Cc2cc(-n3c4ccccc4c4c(-c5ccc6c(c5)c5ccccc5n6-c5ccccc5)cc5c6ccccc6oc5c43)ccc21. The Balaban J connectivity index is 1.28. The summed E-state index contributed by atoms with van der Waals surface area (Å²) < 4.78 is 11.6. The quantitative estimate of drug-likeness (QED) is 0.188. The van der Waals surface area contributed by atoms with Crippen LogP contribution in [0, 0.1) is 0 Å². The number of allylic oxidation sites excluding steroid dienone is 1. The molecule has 1 aliphatic carbocycles. The molecule has 0 spiro atoms. The Kier molecular flexibility index (Phi) is 5.71. The molecule has 236 valence electrons. The molecule has 0 saturated carbocycles. The van der Waals surface area contributed by atoms with Crippen LogP contribution in [0.25, 0.3) is 94.1 Å². The highest BCUT2D eigenvalue weighted by Gasteiger charge is 2.24. The van der Waals surface area contributed by atoms with E-state index in [1.807, 2.05) is 0 Å². The molecule has 3 heteroatoms. The summed E-state index contributed by atoms with van der Waals surface area (Å²) in [7, 11) is 0. The fraction of sp³-hybridized carbons (Fsp3) is 0.0638. The Bertz CT molecular complexity index is 3020. The van der Waals surface area contributed by atoms with Gasteiger partial charge in [-0.3, -0.25) is 0 Å². The normalized spacial score (nSPS) is 14.5. The lowest BCUT2D eigenvalue weighted by atomic mass is 9.88. The second kappa shape index (κ2) is 10.3. The number of rotatable bonds is 3. The van der Waals surface area contributed by atoms with Crippen molar-refractivity contribution >= 4 is 71.6 Å². The average Bonchev–Trinajstić information content (AvgIpc) is 3.83. The lowest BCUT2D eigenvalue weighted by molar-refractivity contribution is 0.671. The van der Waals surface area contributed by atoms with Gasteiger partial charge in [-0.2, -0.15) is 0 Å². The number of fused-ring (bicyclic) bond motifs is 11. The first kappa shape index (κ1) is 27.6. The van der Waals surface area contributed by atoms with Gasteiger partial charge < -0.3 is 13.6 Å². The maximum absolute atomic E-state index is 6.82. The van der Waals surface area contributed by atoms with Crippen LogP contribution in [0.1, 0.15) is 30.4 Å². The van der Waals surface area contributed by atoms with E-state index in [0.717, 1.165) is 45.3 Å². The number of hydrogen-bond acceptors (Lipinski definition) is 1. The van der Waals surface area contributed by atoms with E-state index in [9.17, 15) is 0 Å². The van der Waals surface area contributed by atoms with E-state index in [-0.39, 0.29) is 0 Å². The third-order valence-corrected chi connectivity index (χ3v) is 10.9. The maximum Gasteiger partial charge on any atom is 0.160 e. The van der Waals surface area contributed by atoms with Crippen LogP contribution < -0.4 is 0 Å². The van der Waals surface area contributed by atoms with Gasteiger partial charge in [-0.1, -0.05) is 104 Å². The van der Waals surface area contributed by atoms with Crippen LogP contribution in [0.5, 0.6) is 0 Å². The Morgan fingerprint density at radius 3 is 2.14 bits per heavy atom. The molecule has 0 aliphatic heterocycles. The molecule has 0 radical (unpaired) electrons. The van der Waals surface area contributed by atoms with E-state index in [4.69, 9.17) is 4.42 Å². The van der Waals surface area contributed by atoms with E-state index >= 15 is 0 Å².